The van der Waals surface area contributed by atoms with Crippen LogP contribution in [-0.2, 0) is 4.74 Å². The lowest BCUT2D eigenvalue weighted by Crippen LogP contribution is -2.36. The van der Waals surface area contributed by atoms with E-state index in [9.17, 15) is 9.18 Å². The Balaban J connectivity index is 1.96. The molecule has 21 heavy (non-hydrogen) atoms. The fourth-order valence-corrected chi connectivity index (χ4v) is 2.52. The van der Waals surface area contributed by atoms with Crippen molar-refractivity contribution in [3.8, 4) is 5.75 Å². The van der Waals surface area contributed by atoms with Crippen molar-refractivity contribution in [2.75, 3.05) is 33.4 Å². The van der Waals surface area contributed by atoms with Gasteiger partial charge in [-0.25, -0.2) is 4.39 Å². The fraction of sp³-hybridized carbons (Fsp3) is 0.562. The van der Waals surface area contributed by atoms with Crippen molar-refractivity contribution in [1.29, 1.82) is 0 Å². The Hall–Kier alpha value is -1.46. The highest BCUT2D eigenvalue weighted by Crippen LogP contribution is 2.18. The Labute approximate surface area is 124 Å². The number of ketones is 1. The highest BCUT2D eigenvalue weighted by molar-refractivity contribution is 5.97. The van der Waals surface area contributed by atoms with Gasteiger partial charge in [-0.3, -0.25) is 9.69 Å². The summed E-state index contributed by atoms with van der Waals surface area (Å²) in [5, 5.41) is 0. The Kier molecular flexibility index (Phi) is 5.70. The number of hydrogen-bond acceptors (Lipinski definition) is 4. The molecule has 5 heteroatoms. The molecule has 0 spiro atoms. The number of hydrogen-bond donors (Lipinski definition) is 0. The zero-order valence-corrected chi connectivity index (χ0v) is 12.6. The number of rotatable bonds is 7. The smallest absolute Gasteiger partial charge is 0.176 e. The fourth-order valence-electron chi connectivity index (χ4n) is 2.52. The average molecular weight is 295 g/mol. The molecular formula is C16H22FNO3. The van der Waals surface area contributed by atoms with Gasteiger partial charge >= 0.3 is 0 Å². The molecule has 116 valence electrons. The lowest BCUT2D eigenvalue weighted by molar-refractivity contribution is 0.0686. The number of carbonyl (C=O) groups is 1. The van der Waals surface area contributed by atoms with Crippen LogP contribution in [-0.4, -0.2) is 50.1 Å². The summed E-state index contributed by atoms with van der Waals surface area (Å²) >= 11 is 0. The minimum atomic E-state index is -0.509. The molecule has 1 aromatic carbocycles. The standard InChI is InChI=1S/C16H22FNO3/c1-3-18(10-13-5-4-8-21-13)11-15(19)12-6-7-16(20-2)14(17)9-12/h6-7,9,13H,3-5,8,10-11H2,1-2H3. The van der Waals surface area contributed by atoms with E-state index in [-0.39, 0.29) is 24.2 Å². The van der Waals surface area contributed by atoms with E-state index in [1.54, 1.807) is 6.07 Å². The first-order chi connectivity index (χ1) is 10.1. The molecule has 1 aromatic rings. The van der Waals surface area contributed by atoms with Gasteiger partial charge < -0.3 is 9.47 Å². The van der Waals surface area contributed by atoms with Crippen molar-refractivity contribution in [1.82, 2.24) is 4.90 Å². The van der Waals surface area contributed by atoms with Crippen LogP contribution in [0, 0.1) is 5.82 Å². The van der Waals surface area contributed by atoms with Gasteiger partial charge in [0, 0.05) is 18.7 Å². The average Bonchev–Trinajstić information content (AvgIpc) is 2.99. The van der Waals surface area contributed by atoms with Crippen LogP contribution < -0.4 is 4.74 Å². The summed E-state index contributed by atoms with van der Waals surface area (Å²) in [5.74, 6) is -0.444. The number of halogens is 1. The zero-order chi connectivity index (χ0) is 15.2. The van der Waals surface area contributed by atoms with Crippen LogP contribution in [0.4, 0.5) is 4.39 Å². The molecule has 0 radical (unpaired) electrons. The summed E-state index contributed by atoms with van der Waals surface area (Å²) < 4.78 is 24.1. The van der Waals surface area contributed by atoms with Gasteiger partial charge in [0.1, 0.15) is 0 Å². The quantitative estimate of drug-likeness (QED) is 0.725. The molecule has 1 aliphatic heterocycles. The molecule has 1 saturated heterocycles. The summed E-state index contributed by atoms with van der Waals surface area (Å²) in [6.45, 7) is 4.62. The van der Waals surface area contributed by atoms with E-state index >= 15 is 0 Å². The molecule has 0 aromatic heterocycles. The topological polar surface area (TPSA) is 38.8 Å². The Morgan fingerprint density at radius 2 is 2.33 bits per heavy atom. The van der Waals surface area contributed by atoms with Crippen molar-refractivity contribution in [3.63, 3.8) is 0 Å². The molecule has 1 atom stereocenters. The summed E-state index contributed by atoms with van der Waals surface area (Å²) in [7, 11) is 1.40. The van der Waals surface area contributed by atoms with Crippen LogP contribution in [0.5, 0.6) is 5.75 Å². The summed E-state index contributed by atoms with van der Waals surface area (Å²) in [4.78, 5) is 14.3. The molecule has 0 N–H and O–H groups in total. The maximum Gasteiger partial charge on any atom is 0.176 e. The molecule has 4 nitrogen and oxygen atoms in total. The second kappa shape index (κ2) is 7.52. The largest absolute Gasteiger partial charge is 0.494 e. The van der Waals surface area contributed by atoms with Gasteiger partial charge in [0.15, 0.2) is 17.3 Å². The zero-order valence-electron chi connectivity index (χ0n) is 12.6. The van der Waals surface area contributed by atoms with Crippen LogP contribution in [0.1, 0.15) is 30.1 Å². The van der Waals surface area contributed by atoms with E-state index in [0.29, 0.717) is 5.56 Å². The Morgan fingerprint density at radius 1 is 1.52 bits per heavy atom. The van der Waals surface area contributed by atoms with Gasteiger partial charge in [0.25, 0.3) is 0 Å². The highest BCUT2D eigenvalue weighted by Gasteiger charge is 2.20. The van der Waals surface area contributed by atoms with Crippen molar-refractivity contribution in [3.05, 3.63) is 29.6 Å². The normalized spacial score (nSPS) is 18.2. The lowest BCUT2D eigenvalue weighted by atomic mass is 10.1. The van der Waals surface area contributed by atoms with Crippen LogP contribution in [0.2, 0.25) is 0 Å². The van der Waals surface area contributed by atoms with Crippen LogP contribution in [0.25, 0.3) is 0 Å². The molecule has 0 saturated carbocycles. The SMILES string of the molecule is CCN(CC(=O)c1ccc(OC)c(F)c1)CC1CCCO1. The number of ether oxygens (including phenoxy) is 2. The summed E-state index contributed by atoms with van der Waals surface area (Å²) in [6, 6.07) is 4.32. The minimum absolute atomic E-state index is 0.0867. The number of methoxy groups -OCH3 is 1. The van der Waals surface area contributed by atoms with E-state index in [2.05, 4.69) is 0 Å². The first-order valence-corrected chi connectivity index (χ1v) is 7.34. The molecule has 0 aliphatic carbocycles. The third-order valence-corrected chi connectivity index (χ3v) is 3.77. The van der Waals surface area contributed by atoms with E-state index in [0.717, 1.165) is 32.5 Å². The maximum atomic E-state index is 13.6. The molecule has 0 bridgehead atoms. The van der Waals surface area contributed by atoms with Gasteiger partial charge in [0.2, 0.25) is 0 Å². The maximum absolute atomic E-state index is 13.6. The first-order valence-electron chi connectivity index (χ1n) is 7.34. The highest BCUT2D eigenvalue weighted by atomic mass is 19.1. The summed E-state index contributed by atoms with van der Waals surface area (Å²) in [6.07, 6.45) is 2.34. The molecular weight excluding hydrogens is 273 g/mol. The second-order valence-electron chi connectivity index (χ2n) is 5.24. The molecule has 0 amide bonds. The molecule has 1 heterocycles. The number of Topliss-reactive ketones (excluding diaryl/α,β-unsaturated/α-hetero) is 1. The molecule has 1 unspecified atom stereocenters. The second-order valence-corrected chi connectivity index (χ2v) is 5.24. The number of likely N-dealkylation sites (N-methyl/N-ethyl adjacent to an activating group) is 1. The monoisotopic (exact) mass is 295 g/mol. The van der Waals surface area contributed by atoms with Crippen LogP contribution in [0.15, 0.2) is 18.2 Å². The minimum Gasteiger partial charge on any atom is -0.494 e. The lowest BCUT2D eigenvalue weighted by Gasteiger charge is -2.22. The number of nitrogens with zero attached hydrogens (tertiary/aromatic N) is 1. The predicted octanol–water partition coefficient (Wildman–Crippen LogP) is 2.52. The van der Waals surface area contributed by atoms with Crippen LogP contribution in [0.3, 0.4) is 0 Å². The third-order valence-electron chi connectivity index (χ3n) is 3.77. The van der Waals surface area contributed by atoms with Crippen LogP contribution >= 0.6 is 0 Å². The number of benzene rings is 1. The number of carbonyl (C=O) groups excluding carboxylic acids is 1. The van der Waals surface area contributed by atoms with Crippen molar-refractivity contribution >= 4 is 5.78 Å². The van der Waals surface area contributed by atoms with Gasteiger partial charge in [-0.15, -0.1) is 0 Å². The van der Waals surface area contributed by atoms with Gasteiger partial charge in [0.05, 0.1) is 19.8 Å². The Bertz CT molecular complexity index is 486. The third kappa shape index (κ3) is 4.25. The molecule has 1 aliphatic rings. The Morgan fingerprint density at radius 3 is 2.90 bits per heavy atom. The predicted molar refractivity (Wildman–Crippen MR) is 78.4 cm³/mol. The van der Waals surface area contributed by atoms with Gasteiger partial charge in [-0.1, -0.05) is 6.92 Å². The van der Waals surface area contributed by atoms with Crippen molar-refractivity contribution < 1.29 is 18.7 Å². The van der Waals surface area contributed by atoms with Crippen molar-refractivity contribution in [2.45, 2.75) is 25.9 Å². The molecule has 1 fully saturated rings. The van der Waals surface area contributed by atoms with E-state index in [1.165, 1.54) is 19.2 Å². The van der Waals surface area contributed by atoms with E-state index in [4.69, 9.17) is 9.47 Å². The van der Waals surface area contributed by atoms with Gasteiger partial charge in [-0.2, -0.15) is 0 Å². The van der Waals surface area contributed by atoms with Crippen molar-refractivity contribution in [2.24, 2.45) is 0 Å². The first kappa shape index (κ1) is 15.9. The summed E-state index contributed by atoms with van der Waals surface area (Å²) in [5.41, 5.74) is 0.374. The van der Waals surface area contributed by atoms with Gasteiger partial charge in [-0.05, 0) is 37.6 Å². The van der Waals surface area contributed by atoms with E-state index < -0.39 is 5.82 Å². The van der Waals surface area contributed by atoms with E-state index in [1.807, 2.05) is 11.8 Å². The molecule has 2 rings (SSSR count).